The van der Waals surface area contributed by atoms with Gasteiger partial charge in [0, 0.05) is 19.8 Å². The standard InChI is InChI=1S/C16H16N6O3S/c1-21(10-11-4-6-13(25-2)7-5-11)16-20-15(26(3,23)24)19-14-12(8-17)9-18-22(14)16/h4-7,9H,10H2,1-3H3. The van der Waals surface area contributed by atoms with Gasteiger partial charge < -0.3 is 9.64 Å². The first-order chi connectivity index (χ1) is 12.3. The average Bonchev–Trinajstić information content (AvgIpc) is 3.03. The second-order valence-electron chi connectivity index (χ2n) is 5.69. The fourth-order valence-electron chi connectivity index (χ4n) is 2.41. The van der Waals surface area contributed by atoms with Crippen molar-refractivity contribution in [3.05, 3.63) is 41.6 Å². The summed E-state index contributed by atoms with van der Waals surface area (Å²) < 4.78 is 30.4. The molecule has 0 aliphatic heterocycles. The SMILES string of the molecule is COc1ccc(CN(C)c2nc(S(C)(=O)=O)nc3c(C#N)cnn23)cc1. The van der Waals surface area contributed by atoms with Crippen molar-refractivity contribution in [3.8, 4) is 11.8 Å². The summed E-state index contributed by atoms with van der Waals surface area (Å²) >= 11 is 0. The highest BCUT2D eigenvalue weighted by Gasteiger charge is 2.20. The summed E-state index contributed by atoms with van der Waals surface area (Å²) in [5.74, 6) is 1.01. The van der Waals surface area contributed by atoms with E-state index in [-0.39, 0.29) is 22.3 Å². The van der Waals surface area contributed by atoms with Gasteiger partial charge in [-0.15, -0.1) is 0 Å². The van der Waals surface area contributed by atoms with Gasteiger partial charge in [-0.25, -0.2) is 8.42 Å². The molecule has 0 aliphatic rings. The predicted molar refractivity (Wildman–Crippen MR) is 93.7 cm³/mol. The van der Waals surface area contributed by atoms with Crippen molar-refractivity contribution in [1.82, 2.24) is 19.6 Å². The third kappa shape index (κ3) is 3.29. The van der Waals surface area contributed by atoms with Gasteiger partial charge in [0.05, 0.1) is 13.3 Å². The normalized spacial score (nSPS) is 11.3. The second-order valence-corrected chi connectivity index (χ2v) is 7.60. The fraction of sp³-hybridized carbons (Fsp3) is 0.250. The number of nitrogens with zero attached hydrogens (tertiary/aromatic N) is 6. The number of anilines is 1. The summed E-state index contributed by atoms with van der Waals surface area (Å²) in [7, 11) is -0.302. The molecule has 9 nitrogen and oxygen atoms in total. The van der Waals surface area contributed by atoms with Crippen molar-refractivity contribution in [1.29, 1.82) is 5.26 Å². The first-order valence-electron chi connectivity index (χ1n) is 7.53. The molecular formula is C16H16N6O3S. The minimum absolute atomic E-state index is 0.152. The molecule has 0 saturated heterocycles. The van der Waals surface area contributed by atoms with Crippen LogP contribution in [0.1, 0.15) is 11.1 Å². The molecule has 0 amide bonds. The summed E-state index contributed by atoms with van der Waals surface area (Å²) in [6.45, 7) is 0.445. The molecule has 0 N–H and O–H groups in total. The zero-order chi connectivity index (χ0) is 18.9. The number of rotatable bonds is 5. The van der Waals surface area contributed by atoms with Gasteiger partial charge in [0.25, 0.3) is 5.16 Å². The average molecular weight is 372 g/mol. The van der Waals surface area contributed by atoms with Crippen molar-refractivity contribution < 1.29 is 13.2 Å². The minimum Gasteiger partial charge on any atom is -0.497 e. The van der Waals surface area contributed by atoms with E-state index in [9.17, 15) is 13.7 Å². The molecule has 2 heterocycles. The maximum atomic E-state index is 11.9. The van der Waals surface area contributed by atoms with Crippen LogP contribution in [0.3, 0.4) is 0 Å². The molecule has 0 spiro atoms. The van der Waals surface area contributed by atoms with E-state index < -0.39 is 9.84 Å². The molecule has 0 aliphatic carbocycles. The lowest BCUT2D eigenvalue weighted by Crippen LogP contribution is -2.23. The molecule has 3 aromatic rings. The maximum absolute atomic E-state index is 11.9. The van der Waals surface area contributed by atoms with Gasteiger partial charge in [-0.2, -0.15) is 24.8 Å². The number of hydrogen-bond donors (Lipinski definition) is 0. The third-order valence-corrected chi connectivity index (χ3v) is 4.55. The highest BCUT2D eigenvalue weighted by Crippen LogP contribution is 2.20. The van der Waals surface area contributed by atoms with E-state index in [0.717, 1.165) is 17.6 Å². The van der Waals surface area contributed by atoms with Gasteiger partial charge in [0.2, 0.25) is 15.8 Å². The van der Waals surface area contributed by atoms with E-state index in [1.807, 2.05) is 30.3 Å². The first-order valence-corrected chi connectivity index (χ1v) is 9.42. The molecule has 0 saturated carbocycles. The number of nitriles is 1. The van der Waals surface area contributed by atoms with Crippen LogP contribution in [0.2, 0.25) is 0 Å². The Kier molecular flexibility index (Phi) is 4.48. The van der Waals surface area contributed by atoms with Gasteiger partial charge in [0.1, 0.15) is 17.4 Å². The van der Waals surface area contributed by atoms with Crippen molar-refractivity contribution in [3.63, 3.8) is 0 Å². The van der Waals surface area contributed by atoms with Crippen LogP contribution in [0.5, 0.6) is 5.75 Å². The van der Waals surface area contributed by atoms with Gasteiger partial charge >= 0.3 is 0 Å². The molecule has 0 atom stereocenters. The largest absolute Gasteiger partial charge is 0.497 e. The number of fused-ring (bicyclic) bond motifs is 1. The molecule has 0 unspecified atom stereocenters. The molecule has 0 radical (unpaired) electrons. The summed E-state index contributed by atoms with van der Waals surface area (Å²) in [6.07, 6.45) is 2.36. The van der Waals surface area contributed by atoms with E-state index in [2.05, 4.69) is 15.1 Å². The van der Waals surface area contributed by atoms with Crippen molar-refractivity contribution in [2.75, 3.05) is 25.3 Å². The van der Waals surface area contributed by atoms with Crippen LogP contribution < -0.4 is 9.64 Å². The Balaban J connectivity index is 2.07. The van der Waals surface area contributed by atoms with Crippen LogP contribution in [0.15, 0.2) is 35.6 Å². The second kappa shape index (κ2) is 6.61. The number of aromatic nitrogens is 4. The number of benzene rings is 1. The monoisotopic (exact) mass is 372 g/mol. The summed E-state index contributed by atoms with van der Waals surface area (Å²) in [6, 6.07) is 9.42. The lowest BCUT2D eigenvalue weighted by atomic mass is 10.2. The van der Waals surface area contributed by atoms with Gasteiger partial charge in [0.15, 0.2) is 5.65 Å². The van der Waals surface area contributed by atoms with Gasteiger partial charge in [-0.3, -0.25) is 0 Å². The highest BCUT2D eigenvalue weighted by atomic mass is 32.2. The van der Waals surface area contributed by atoms with E-state index in [1.54, 1.807) is 19.1 Å². The Bertz CT molecular complexity index is 1100. The number of hydrogen-bond acceptors (Lipinski definition) is 8. The lowest BCUT2D eigenvalue weighted by molar-refractivity contribution is 0.414. The zero-order valence-corrected chi connectivity index (χ0v) is 15.2. The van der Waals surface area contributed by atoms with Gasteiger partial charge in [-0.1, -0.05) is 12.1 Å². The van der Waals surface area contributed by atoms with E-state index >= 15 is 0 Å². The van der Waals surface area contributed by atoms with Crippen LogP contribution in [0, 0.1) is 11.3 Å². The molecule has 3 rings (SSSR count). The van der Waals surface area contributed by atoms with E-state index in [1.165, 1.54) is 10.7 Å². The Labute approximate surface area is 150 Å². The molecule has 10 heteroatoms. The molecule has 26 heavy (non-hydrogen) atoms. The smallest absolute Gasteiger partial charge is 0.252 e. The number of sulfone groups is 1. The molecule has 0 fully saturated rings. The quantitative estimate of drug-likeness (QED) is 0.653. The molecular weight excluding hydrogens is 356 g/mol. The lowest BCUT2D eigenvalue weighted by Gasteiger charge is -2.19. The van der Waals surface area contributed by atoms with Crippen LogP contribution in [-0.2, 0) is 16.4 Å². The predicted octanol–water partition coefficient (Wildman–Crippen LogP) is 1.04. The van der Waals surface area contributed by atoms with Crippen molar-refractivity contribution in [2.45, 2.75) is 11.7 Å². The Hall–Kier alpha value is -3.19. The molecule has 0 bridgehead atoms. The minimum atomic E-state index is -3.65. The van der Waals surface area contributed by atoms with Crippen LogP contribution >= 0.6 is 0 Å². The topological polar surface area (TPSA) is 113 Å². The maximum Gasteiger partial charge on any atom is 0.252 e. The zero-order valence-electron chi connectivity index (χ0n) is 14.4. The van der Waals surface area contributed by atoms with Crippen LogP contribution in [-0.4, -0.2) is 48.4 Å². The number of methoxy groups -OCH3 is 1. The Morgan fingerprint density at radius 1 is 1.27 bits per heavy atom. The van der Waals surface area contributed by atoms with E-state index in [0.29, 0.717) is 6.54 Å². The van der Waals surface area contributed by atoms with Crippen LogP contribution in [0.25, 0.3) is 5.65 Å². The highest BCUT2D eigenvalue weighted by molar-refractivity contribution is 7.90. The van der Waals surface area contributed by atoms with E-state index in [4.69, 9.17) is 4.74 Å². The Morgan fingerprint density at radius 2 is 1.96 bits per heavy atom. The summed E-state index contributed by atoms with van der Waals surface area (Å²) in [5, 5.41) is 13.0. The molecule has 2 aromatic heterocycles. The summed E-state index contributed by atoms with van der Waals surface area (Å²) in [4.78, 5) is 9.86. The Morgan fingerprint density at radius 3 is 2.54 bits per heavy atom. The molecule has 1 aromatic carbocycles. The van der Waals surface area contributed by atoms with Gasteiger partial charge in [-0.05, 0) is 17.7 Å². The summed E-state index contributed by atoms with van der Waals surface area (Å²) in [5.41, 5.74) is 1.30. The van der Waals surface area contributed by atoms with Crippen molar-refractivity contribution >= 4 is 21.4 Å². The fourth-order valence-corrected chi connectivity index (χ4v) is 2.91. The van der Waals surface area contributed by atoms with Crippen molar-refractivity contribution in [2.24, 2.45) is 0 Å². The van der Waals surface area contributed by atoms with Crippen LogP contribution in [0.4, 0.5) is 5.95 Å². The number of ether oxygens (including phenoxy) is 1. The third-order valence-electron chi connectivity index (χ3n) is 3.70. The first kappa shape index (κ1) is 17.6. The molecule has 134 valence electrons.